The van der Waals surface area contributed by atoms with E-state index in [0.29, 0.717) is 11.1 Å². The molecule has 4 nitrogen and oxygen atoms in total. The quantitative estimate of drug-likeness (QED) is 0.714. The molecule has 0 aliphatic heterocycles. The van der Waals surface area contributed by atoms with Crippen LogP contribution in [0.5, 0.6) is 0 Å². The fraction of sp³-hybridized carbons (Fsp3) is 0.125. The third-order valence-electron chi connectivity index (χ3n) is 1.78. The molecule has 0 saturated heterocycles. The molecular weight excluding hydrogens is 220 g/mol. The highest BCUT2D eigenvalue weighted by atomic mass is 32.2. The summed E-state index contributed by atoms with van der Waals surface area (Å²) in [6.45, 7) is 1.66. The smallest absolute Gasteiger partial charge is 0.238 e. The summed E-state index contributed by atoms with van der Waals surface area (Å²) < 4.78 is 22.2. The maximum atomic E-state index is 11.1. The molecule has 0 radical (unpaired) electrons. The number of primary sulfonamides is 1. The van der Waals surface area contributed by atoms with Crippen molar-refractivity contribution in [3.8, 4) is 0 Å². The minimum atomic E-state index is -3.70. The number of aryl methyl sites for hydroxylation is 1. The van der Waals surface area contributed by atoms with Gasteiger partial charge in [0.2, 0.25) is 10.0 Å². The van der Waals surface area contributed by atoms with E-state index in [1.54, 1.807) is 19.1 Å². The van der Waals surface area contributed by atoms with Crippen LogP contribution in [-0.4, -0.2) is 13.4 Å². The Labute approximate surface area is 88.0 Å². The summed E-state index contributed by atoms with van der Waals surface area (Å²) in [7, 11) is -3.70. The molecule has 1 rings (SSSR count). The molecule has 0 fully saturated rings. The van der Waals surface area contributed by atoms with Gasteiger partial charge in [0.25, 0.3) is 0 Å². The Morgan fingerprint density at radius 3 is 2.43 bits per heavy atom. The highest BCUT2D eigenvalue weighted by Gasteiger charge is 2.12. The third-order valence-corrected chi connectivity index (χ3v) is 3.07. The average Bonchev–Trinajstić information content (AvgIpc) is 2.02. The van der Waals surface area contributed by atoms with Crippen molar-refractivity contribution in [2.45, 2.75) is 11.8 Å². The zero-order valence-electron chi connectivity index (χ0n) is 7.52. The van der Waals surface area contributed by atoms with Crippen LogP contribution in [0.2, 0.25) is 0 Å². The van der Waals surface area contributed by atoms with Crippen molar-refractivity contribution in [3.63, 3.8) is 0 Å². The number of hydrogen-bond donors (Lipinski definition) is 2. The molecule has 0 aromatic heterocycles. The van der Waals surface area contributed by atoms with Crippen LogP contribution < -0.4 is 10.9 Å². The van der Waals surface area contributed by atoms with E-state index in [-0.39, 0.29) is 9.88 Å². The van der Waals surface area contributed by atoms with Crippen molar-refractivity contribution in [1.82, 2.24) is 0 Å². The van der Waals surface area contributed by atoms with Gasteiger partial charge in [-0.2, -0.15) is 0 Å². The van der Waals surface area contributed by atoms with Gasteiger partial charge in [0.05, 0.1) is 4.90 Å². The lowest BCUT2D eigenvalue weighted by Crippen LogP contribution is -2.16. The van der Waals surface area contributed by atoms with E-state index in [1.807, 2.05) is 0 Å². The van der Waals surface area contributed by atoms with Crippen molar-refractivity contribution in [1.29, 1.82) is 0 Å². The molecule has 14 heavy (non-hydrogen) atoms. The molecule has 0 amide bonds. The fourth-order valence-electron chi connectivity index (χ4n) is 1.06. The molecule has 1 aromatic rings. The van der Waals surface area contributed by atoms with Crippen molar-refractivity contribution in [3.05, 3.63) is 29.3 Å². The second-order valence-electron chi connectivity index (χ2n) is 2.89. The SMILES string of the molecule is Cc1ccc(C(N)=S)cc1S(N)(=O)=O. The first-order chi connectivity index (χ1) is 6.32. The number of sulfonamides is 1. The van der Waals surface area contributed by atoms with Crippen molar-refractivity contribution in [2.75, 3.05) is 0 Å². The van der Waals surface area contributed by atoms with Gasteiger partial charge in [-0.1, -0.05) is 24.4 Å². The zero-order valence-corrected chi connectivity index (χ0v) is 9.15. The molecule has 1 aromatic carbocycles. The van der Waals surface area contributed by atoms with Gasteiger partial charge >= 0.3 is 0 Å². The Kier molecular flexibility index (Phi) is 2.89. The molecule has 0 spiro atoms. The number of benzene rings is 1. The standard InChI is InChI=1S/C8H10N2O2S2/c1-5-2-3-6(8(9)13)4-7(5)14(10,11)12/h2-4H,1H3,(H2,9,13)(H2,10,11,12). The second kappa shape index (κ2) is 3.64. The largest absolute Gasteiger partial charge is 0.389 e. The molecule has 0 unspecified atom stereocenters. The number of thiocarbonyl (C=S) groups is 1. The second-order valence-corrected chi connectivity index (χ2v) is 4.86. The number of hydrogen-bond acceptors (Lipinski definition) is 3. The van der Waals surface area contributed by atoms with Crippen LogP contribution in [0.4, 0.5) is 0 Å². The predicted octanol–water partition coefficient (Wildman–Crippen LogP) is 0.277. The van der Waals surface area contributed by atoms with Crippen molar-refractivity contribution >= 4 is 27.2 Å². The fourth-order valence-corrected chi connectivity index (χ4v) is 1.99. The first kappa shape index (κ1) is 11.1. The summed E-state index contributed by atoms with van der Waals surface area (Å²) in [4.78, 5) is 0.206. The first-order valence-corrected chi connectivity index (χ1v) is 5.71. The third kappa shape index (κ3) is 2.28. The van der Waals surface area contributed by atoms with E-state index < -0.39 is 10.0 Å². The van der Waals surface area contributed by atoms with Crippen molar-refractivity contribution < 1.29 is 8.42 Å². The lowest BCUT2D eigenvalue weighted by Gasteiger charge is -2.05. The van der Waals surface area contributed by atoms with E-state index in [4.69, 9.17) is 23.1 Å². The summed E-state index contributed by atoms with van der Waals surface area (Å²) >= 11 is 4.73. The molecular formula is C8H10N2O2S2. The summed E-state index contributed by atoms with van der Waals surface area (Å²) in [5.41, 5.74) is 6.44. The van der Waals surface area contributed by atoms with Crippen LogP contribution in [0.15, 0.2) is 23.1 Å². The Balaban J connectivity index is 3.44. The summed E-state index contributed by atoms with van der Waals surface area (Å²) in [6, 6.07) is 4.66. The summed E-state index contributed by atoms with van der Waals surface area (Å²) in [5, 5.41) is 5.01. The van der Waals surface area contributed by atoms with Crippen LogP contribution in [0.3, 0.4) is 0 Å². The molecule has 6 heteroatoms. The topological polar surface area (TPSA) is 86.2 Å². The Morgan fingerprint density at radius 1 is 1.43 bits per heavy atom. The van der Waals surface area contributed by atoms with Crippen LogP contribution in [0.1, 0.15) is 11.1 Å². The van der Waals surface area contributed by atoms with Gasteiger partial charge in [-0.15, -0.1) is 0 Å². The maximum absolute atomic E-state index is 11.1. The minimum absolute atomic E-state index is 0.0581. The normalized spacial score (nSPS) is 11.3. The highest BCUT2D eigenvalue weighted by Crippen LogP contribution is 2.15. The Morgan fingerprint density at radius 2 is 2.00 bits per heavy atom. The van der Waals surface area contributed by atoms with Gasteiger partial charge in [-0.25, -0.2) is 13.6 Å². The van der Waals surface area contributed by atoms with Crippen LogP contribution in [0, 0.1) is 6.92 Å². The van der Waals surface area contributed by atoms with Gasteiger partial charge < -0.3 is 5.73 Å². The van der Waals surface area contributed by atoms with Crippen molar-refractivity contribution in [2.24, 2.45) is 10.9 Å². The Hall–Kier alpha value is -0.980. The number of rotatable bonds is 2. The first-order valence-electron chi connectivity index (χ1n) is 3.75. The predicted molar refractivity (Wildman–Crippen MR) is 58.4 cm³/mol. The van der Waals surface area contributed by atoms with Gasteiger partial charge in [-0.3, -0.25) is 0 Å². The summed E-state index contributed by atoms with van der Waals surface area (Å²) in [6.07, 6.45) is 0. The zero-order chi connectivity index (χ0) is 10.9. The molecule has 0 atom stereocenters. The van der Waals surface area contributed by atoms with E-state index in [9.17, 15) is 8.42 Å². The van der Waals surface area contributed by atoms with Crippen LogP contribution in [-0.2, 0) is 10.0 Å². The van der Waals surface area contributed by atoms with Gasteiger partial charge in [-0.05, 0) is 18.6 Å². The number of nitrogens with two attached hydrogens (primary N) is 2. The maximum Gasteiger partial charge on any atom is 0.238 e. The van der Waals surface area contributed by atoms with Crippen LogP contribution in [0.25, 0.3) is 0 Å². The molecule has 0 aliphatic rings. The molecule has 76 valence electrons. The minimum Gasteiger partial charge on any atom is -0.389 e. The van der Waals surface area contributed by atoms with E-state index >= 15 is 0 Å². The van der Waals surface area contributed by atoms with Gasteiger partial charge in [0, 0.05) is 5.56 Å². The van der Waals surface area contributed by atoms with E-state index in [2.05, 4.69) is 0 Å². The van der Waals surface area contributed by atoms with Gasteiger partial charge in [0.1, 0.15) is 4.99 Å². The van der Waals surface area contributed by atoms with Crippen LogP contribution >= 0.6 is 12.2 Å². The molecule has 0 heterocycles. The molecule has 0 bridgehead atoms. The lowest BCUT2D eigenvalue weighted by atomic mass is 10.1. The summed E-state index contributed by atoms with van der Waals surface area (Å²) in [5.74, 6) is 0. The Bertz CT molecular complexity index is 480. The van der Waals surface area contributed by atoms with Gasteiger partial charge in [0.15, 0.2) is 0 Å². The lowest BCUT2D eigenvalue weighted by molar-refractivity contribution is 0.597. The molecule has 4 N–H and O–H groups in total. The van der Waals surface area contributed by atoms with E-state index in [1.165, 1.54) is 6.07 Å². The monoisotopic (exact) mass is 230 g/mol. The molecule has 0 aliphatic carbocycles. The average molecular weight is 230 g/mol. The van der Waals surface area contributed by atoms with E-state index in [0.717, 1.165) is 0 Å². The molecule has 0 saturated carbocycles. The highest BCUT2D eigenvalue weighted by molar-refractivity contribution is 7.89.